The fraction of sp³-hybridized carbons (Fsp3) is 0.688. The van der Waals surface area contributed by atoms with Crippen molar-refractivity contribution in [3.8, 4) is 0 Å². The summed E-state index contributed by atoms with van der Waals surface area (Å²) in [7, 11) is 1.89. The molecule has 1 saturated heterocycles. The lowest BCUT2D eigenvalue weighted by Crippen LogP contribution is -2.43. The summed E-state index contributed by atoms with van der Waals surface area (Å²) < 4.78 is 11.2. The first-order valence-electron chi connectivity index (χ1n) is 8.00. The van der Waals surface area contributed by atoms with Gasteiger partial charge in [-0.25, -0.2) is 0 Å². The molecule has 0 radical (unpaired) electrons. The summed E-state index contributed by atoms with van der Waals surface area (Å²) in [6.07, 6.45) is 1.40. The van der Waals surface area contributed by atoms with Crippen molar-refractivity contribution in [3.63, 3.8) is 0 Å². The fourth-order valence-corrected chi connectivity index (χ4v) is 2.66. The molecular formula is C16H29Cl2N3O3. The van der Waals surface area contributed by atoms with E-state index >= 15 is 0 Å². The number of morpholine rings is 1. The van der Waals surface area contributed by atoms with Crippen molar-refractivity contribution in [3.05, 3.63) is 23.7 Å². The summed E-state index contributed by atoms with van der Waals surface area (Å²) in [6.45, 7) is 6.55. The minimum absolute atomic E-state index is 0. The van der Waals surface area contributed by atoms with E-state index in [-0.39, 0.29) is 36.8 Å². The van der Waals surface area contributed by atoms with Crippen molar-refractivity contribution in [2.75, 3.05) is 46.4 Å². The Balaban J connectivity index is 0.00000264. The SMILES string of the molecule is CNCCCC(=O)NCC(c1ccc(C)o1)N1CCOCC1.Cl.Cl. The summed E-state index contributed by atoms with van der Waals surface area (Å²) in [4.78, 5) is 14.2. The van der Waals surface area contributed by atoms with Gasteiger partial charge in [0, 0.05) is 26.1 Å². The fourth-order valence-electron chi connectivity index (χ4n) is 2.66. The van der Waals surface area contributed by atoms with Crippen molar-refractivity contribution >= 4 is 30.7 Å². The van der Waals surface area contributed by atoms with Gasteiger partial charge in [0.2, 0.25) is 5.91 Å². The standard InChI is InChI=1S/C16H27N3O3.2ClH/c1-13-5-6-15(22-13)14(19-8-10-21-11-9-19)12-18-16(20)4-3-7-17-2;;/h5-6,14,17H,3-4,7-12H2,1-2H3,(H,18,20);2*1H. The van der Waals surface area contributed by atoms with Crippen molar-refractivity contribution < 1.29 is 13.9 Å². The molecule has 1 aromatic rings. The van der Waals surface area contributed by atoms with Gasteiger partial charge < -0.3 is 19.8 Å². The molecule has 2 N–H and O–H groups in total. The topological polar surface area (TPSA) is 66.7 Å². The lowest BCUT2D eigenvalue weighted by molar-refractivity contribution is -0.121. The Morgan fingerprint density at radius 2 is 2.00 bits per heavy atom. The maximum atomic E-state index is 11.9. The average molecular weight is 382 g/mol. The number of halogens is 2. The Morgan fingerprint density at radius 1 is 1.29 bits per heavy atom. The number of rotatable bonds is 8. The summed E-state index contributed by atoms with van der Waals surface area (Å²) in [6, 6.07) is 4.05. The van der Waals surface area contributed by atoms with Gasteiger partial charge in [-0.15, -0.1) is 24.8 Å². The van der Waals surface area contributed by atoms with Gasteiger partial charge in [0.25, 0.3) is 0 Å². The summed E-state index contributed by atoms with van der Waals surface area (Å²) in [5, 5.41) is 6.09. The highest BCUT2D eigenvalue weighted by Gasteiger charge is 2.25. The molecule has 0 spiro atoms. The average Bonchev–Trinajstić information content (AvgIpc) is 2.95. The van der Waals surface area contributed by atoms with Crippen LogP contribution in [0.2, 0.25) is 0 Å². The zero-order valence-electron chi connectivity index (χ0n) is 14.4. The van der Waals surface area contributed by atoms with Crippen LogP contribution in [0.1, 0.15) is 30.4 Å². The predicted molar refractivity (Wildman–Crippen MR) is 99.2 cm³/mol. The van der Waals surface area contributed by atoms with Crippen molar-refractivity contribution in [2.45, 2.75) is 25.8 Å². The predicted octanol–water partition coefficient (Wildman–Crippen LogP) is 1.92. The number of nitrogens with one attached hydrogen (secondary N) is 2. The number of furan rings is 1. The second kappa shape index (κ2) is 12.6. The number of carbonyl (C=O) groups excluding carboxylic acids is 1. The number of ether oxygens (including phenoxy) is 1. The molecule has 0 bridgehead atoms. The van der Waals surface area contributed by atoms with Crippen LogP contribution in [-0.4, -0.2) is 57.2 Å². The maximum Gasteiger partial charge on any atom is 0.220 e. The van der Waals surface area contributed by atoms with Gasteiger partial charge in [-0.05, 0) is 39.1 Å². The van der Waals surface area contributed by atoms with Crippen LogP contribution in [-0.2, 0) is 9.53 Å². The molecule has 2 rings (SSSR count). The number of amides is 1. The third-order valence-corrected chi connectivity index (χ3v) is 3.90. The van der Waals surface area contributed by atoms with E-state index in [4.69, 9.17) is 9.15 Å². The molecule has 6 nitrogen and oxygen atoms in total. The van der Waals surface area contributed by atoms with E-state index in [1.54, 1.807) is 0 Å². The first-order chi connectivity index (χ1) is 10.7. The van der Waals surface area contributed by atoms with Crippen LogP contribution >= 0.6 is 24.8 Å². The Kier molecular flexibility index (Phi) is 12.1. The first-order valence-corrected chi connectivity index (χ1v) is 8.00. The normalized spacial score (nSPS) is 15.9. The van der Waals surface area contributed by atoms with Crippen LogP contribution in [0, 0.1) is 6.92 Å². The molecule has 2 heterocycles. The van der Waals surface area contributed by atoms with E-state index in [1.165, 1.54) is 0 Å². The van der Waals surface area contributed by atoms with E-state index in [0.29, 0.717) is 13.0 Å². The van der Waals surface area contributed by atoms with Gasteiger partial charge in [-0.3, -0.25) is 9.69 Å². The lowest BCUT2D eigenvalue weighted by atomic mass is 10.1. The summed E-state index contributed by atoms with van der Waals surface area (Å²) >= 11 is 0. The number of hydrogen-bond acceptors (Lipinski definition) is 5. The minimum atomic E-state index is 0. The molecule has 1 aliphatic rings. The Bertz CT molecular complexity index is 465. The number of hydrogen-bond donors (Lipinski definition) is 2. The summed E-state index contributed by atoms with van der Waals surface area (Å²) in [5.74, 6) is 1.90. The van der Waals surface area contributed by atoms with E-state index in [0.717, 1.165) is 50.8 Å². The van der Waals surface area contributed by atoms with Crippen molar-refractivity contribution in [1.82, 2.24) is 15.5 Å². The molecule has 1 amide bonds. The minimum Gasteiger partial charge on any atom is -0.465 e. The largest absolute Gasteiger partial charge is 0.465 e. The van der Waals surface area contributed by atoms with E-state index in [2.05, 4.69) is 15.5 Å². The molecule has 1 aromatic heterocycles. The third-order valence-electron chi connectivity index (χ3n) is 3.90. The van der Waals surface area contributed by atoms with Gasteiger partial charge in [0.1, 0.15) is 11.5 Å². The molecule has 1 unspecified atom stereocenters. The molecule has 1 aliphatic heterocycles. The van der Waals surface area contributed by atoms with Crippen LogP contribution in [0.3, 0.4) is 0 Å². The van der Waals surface area contributed by atoms with E-state index in [9.17, 15) is 4.79 Å². The molecule has 0 aromatic carbocycles. The molecule has 8 heteroatoms. The zero-order valence-corrected chi connectivity index (χ0v) is 16.0. The first kappa shape index (κ1) is 23.2. The second-order valence-corrected chi connectivity index (χ2v) is 5.62. The second-order valence-electron chi connectivity index (χ2n) is 5.62. The number of nitrogens with zero attached hydrogens (tertiary/aromatic N) is 1. The van der Waals surface area contributed by atoms with Gasteiger partial charge in [-0.1, -0.05) is 0 Å². The molecule has 0 saturated carbocycles. The van der Waals surface area contributed by atoms with Crippen LogP contribution in [0.25, 0.3) is 0 Å². The zero-order chi connectivity index (χ0) is 15.8. The summed E-state index contributed by atoms with van der Waals surface area (Å²) in [5.41, 5.74) is 0. The van der Waals surface area contributed by atoms with Crippen molar-refractivity contribution in [2.24, 2.45) is 0 Å². The Hall–Kier alpha value is -0.790. The molecule has 1 atom stereocenters. The van der Waals surface area contributed by atoms with Crippen LogP contribution in [0.15, 0.2) is 16.5 Å². The van der Waals surface area contributed by atoms with Crippen LogP contribution < -0.4 is 10.6 Å². The molecular weight excluding hydrogens is 353 g/mol. The van der Waals surface area contributed by atoms with Crippen LogP contribution in [0.4, 0.5) is 0 Å². The Morgan fingerprint density at radius 3 is 2.58 bits per heavy atom. The smallest absolute Gasteiger partial charge is 0.220 e. The van der Waals surface area contributed by atoms with E-state index < -0.39 is 0 Å². The van der Waals surface area contributed by atoms with Crippen molar-refractivity contribution in [1.29, 1.82) is 0 Å². The monoisotopic (exact) mass is 381 g/mol. The van der Waals surface area contributed by atoms with E-state index in [1.807, 2.05) is 26.1 Å². The highest BCUT2D eigenvalue weighted by atomic mass is 35.5. The van der Waals surface area contributed by atoms with Gasteiger partial charge in [-0.2, -0.15) is 0 Å². The molecule has 0 aliphatic carbocycles. The highest BCUT2D eigenvalue weighted by molar-refractivity contribution is 5.85. The quantitative estimate of drug-likeness (QED) is 0.673. The van der Waals surface area contributed by atoms with Gasteiger partial charge >= 0.3 is 0 Å². The van der Waals surface area contributed by atoms with Gasteiger partial charge in [0.15, 0.2) is 0 Å². The lowest BCUT2D eigenvalue weighted by Gasteiger charge is -2.33. The third kappa shape index (κ3) is 7.40. The maximum absolute atomic E-state index is 11.9. The molecule has 1 fully saturated rings. The molecule has 24 heavy (non-hydrogen) atoms. The molecule has 140 valence electrons. The highest BCUT2D eigenvalue weighted by Crippen LogP contribution is 2.23. The number of carbonyl (C=O) groups is 1. The van der Waals surface area contributed by atoms with Gasteiger partial charge in [0.05, 0.1) is 19.3 Å². The van der Waals surface area contributed by atoms with Crippen LogP contribution in [0.5, 0.6) is 0 Å². The Labute approximate surface area is 156 Å². The number of aryl methyl sites for hydroxylation is 1.